The Labute approximate surface area is 251 Å². The highest BCUT2D eigenvalue weighted by Crippen LogP contribution is 2.41. The van der Waals surface area contributed by atoms with Crippen LogP contribution >= 0.6 is 0 Å². The van der Waals surface area contributed by atoms with Crippen LogP contribution in [0.4, 0.5) is 15.8 Å². The van der Waals surface area contributed by atoms with Gasteiger partial charge in [0.2, 0.25) is 0 Å². The molecule has 1 fully saturated rings. The molecule has 224 valence electrons. The number of hydrogen-bond acceptors (Lipinski definition) is 6. The molecular weight excluding hydrogens is 545 g/mol. The molecule has 5 rings (SSSR count). The minimum absolute atomic E-state index is 0.299. The van der Waals surface area contributed by atoms with Crippen LogP contribution in [-0.4, -0.2) is 46.5 Å². The molecule has 8 heteroatoms. The highest BCUT2D eigenvalue weighted by molar-refractivity contribution is 6.06. The van der Waals surface area contributed by atoms with Crippen molar-refractivity contribution in [3.05, 3.63) is 113 Å². The second kappa shape index (κ2) is 13.0. The number of ether oxygens (including phenoxy) is 1. The second-order valence-electron chi connectivity index (χ2n) is 11.5. The molecule has 43 heavy (non-hydrogen) atoms. The first kappa shape index (κ1) is 30.4. The minimum Gasteiger partial charge on any atom is -0.397 e. The molecule has 1 aliphatic rings. The Morgan fingerprint density at radius 3 is 2.23 bits per heavy atom. The lowest BCUT2D eigenvalue weighted by Gasteiger charge is -2.38. The Kier molecular flexibility index (Phi) is 9.20. The molecule has 4 aromatic rings. The molecule has 0 radical (unpaired) electrons. The van der Waals surface area contributed by atoms with Crippen LogP contribution in [0.15, 0.2) is 78.9 Å². The zero-order chi connectivity index (χ0) is 30.6. The molecule has 1 amide bonds. The smallest absolute Gasteiger partial charge is 0.255 e. The number of anilines is 2. The van der Waals surface area contributed by atoms with Gasteiger partial charge in [0.1, 0.15) is 5.82 Å². The molecule has 2 heterocycles. The van der Waals surface area contributed by atoms with Crippen LogP contribution in [0.3, 0.4) is 0 Å². The van der Waals surface area contributed by atoms with Gasteiger partial charge >= 0.3 is 0 Å². The molecule has 1 aliphatic heterocycles. The third kappa shape index (κ3) is 7.10. The number of aromatic nitrogens is 1. The van der Waals surface area contributed by atoms with Gasteiger partial charge in [0.25, 0.3) is 5.91 Å². The minimum atomic E-state index is -0.545. The first-order valence-electron chi connectivity index (χ1n) is 14.6. The Morgan fingerprint density at radius 1 is 0.930 bits per heavy atom. The van der Waals surface area contributed by atoms with Crippen molar-refractivity contribution in [3.63, 3.8) is 0 Å². The van der Waals surface area contributed by atoms with Crippen LogP contribution in [0, 0.1) is 5.82 Å². The summed E-state index contributed by atoms with van der Waals surface area (Å²) in [6.45, 7) is 4.64. The number of nitrogens with one attached hydrogen (secondary N) is 1. The fourth-order valence-corrected chi connectivity index (χ4v) is 5.80. The van der Waals surface area contributed by atoms with Gasteiger partial charge in [-0.05, 0) is 104 Å². The number of rotatable bonds is 9. The number of amides is 1. The van der Waals surface area contributed by atoms with Gasteiger partial charge in [-0.25, -0.2) is 4.39 Å². The average Bonchev–Trinajstić information content (AvgIpc) is 2.98. The van der Waals surface area contributed by atoms with Crippen molar-refractivity contribution in [2.45, 2.75) is 57.2 Å². The highest BCUT2D eigenvalue weighted by atomic mass is 19.1. The van der Waals surface area contributed by atoms with E-state index in [0.29, 0.717) is 55.8 Å². The van der Waals surface area contributed by atoms with Crippen molar-refractivity contribution < 1.29 is 24.1 Å². The van der Waals surface area contributed by atoms with Crippen LogP contribution < -0.4 is 11.1 Å². The summed E-state index contributed by atoms with van der Waals surface area (Å²) < 4.78 is 19.1. The molecule has 1 saturated heterocycles. The third-order valence-corrected chi connectivity index (χ3v) is 7.99. The SMILES string of the molecule is CC(O)Cc1cc(CC(C)O)nc(C2(c3ccc(C(=O)Nc4cc(-c5ccc(F)cc5)ccc4N)cc3)CCOCC2)c1. The van der Waals surface area contributed by atoms with E-state index in [1.807, 2.05) is 24.3 Å². The summed E-state index contributed by atoms with van der Waals surface area (Å²) in [6, 6.07) is 23.0. The Hall–Kier alpha value is -4.11. The number of hydrogen-bond donors (Lipinski definition) is 4. The second-order valence-corrected chi connectivity index (χ2v) is 11.5. The molecule has 0 bridgehead atoms. The van der Waals surface area contributed by atoms with Crippen molar-refractivity contribution in [2.75, 3.05) is 24.3 Å². The topological polar surface area (TPSA) is 118 Å². The van der Waals surface area contributed by atoms with Crippen LogP contribution in [0.2, 0.25) is 0 Å². The van der Waals surface area contributed by atoms with Crippen molar-refractivity contribution in [1.82, 2.24) is 4.98 Å². The average molecular weight is 584 g/mol. The van der Waals surface area contributed by atoms with E-state index in [4.69, 9.17) is 15.5 Å². The van der Waals surface area contributed by atoms with E-state index in [9.17, 15) is 19.4 Å². The number of nitrogen functional groups attached to an aromatic ring is 1. The first-order chi connectivity index (χ1) is 20.6. The van der Waals surface area contributed by atoms with E-state index in [-0.39, 0.29) is 11.7 Å². The fourth-order valence-electron chi connectivity index (χ4n) is 5.80. The summed E-state index contributed by atoms with van der Waals surface area (Å²) >= 11 is 0. The fraction of sp³-hybridized carbons (Fsp3) is 0.314. The maximum absolute atomic E-state index is 13.4. The zero-order valence-corrected chi connectivity index (χ0v) is 24.5. The molecule has 7 nitrogen and oxygen atoms in total. The molecule has 0 spiro atoms. The van der Waals surface area contributed by atoms with Crippen molar-refractivity contribution in [1.29, 1.82) is 0 Å². The normalized spacial score (nSPS) is 15.9. The number of benzene rings is 3. The van der Waals surface area contributed by atoms with Gasteiger partial charge in [-0.2, -0.15) is 0 Å². The Morgan fingerprint density at radius 2 is 1.58 bits per heavy atom. The largest absolute Gasteiger partial charge is 0.397 e. The molecule has 0 aliphatic carbocycles. The van der Waals surface area contributed by atoms with E-state index in [1.54, 1.807) is 50.2 Å². The lowest BCUT2D eigenvalue weighted by molar-refractivity contribution is 0.0617. The number of aliphatic hydroxyl groups is 2. The van der Waals surface area contributed by atoms with E-state index < -0.39 is 17.6 Å². The van der Waals surface area contributed by atoms with Gasteiger partial charge in [0, 0.05) is 36.3 Å². The summed E-state index contributed by atoms with van der Waals surface area (Å²) in [5.41, 5.74) is 12.4. The van der Waals surface area contributed by atoms with E-state index >= 15 is 0 Å². The van der Waals surface area contributed by atoms with Gasteiger partial charge in [-0.3, -0.25) is 9.78 Å². The van der Waals surface area contributed by atoms with Crippen LogP contribution in [0.25, 0.3) is 11.1 Å². The number of carbonyl (C=O) groups excluding carboxylic acids is 1. The molecule has 1 aromatic heterocycles. The number of nitrogens with zero attached hydrogens (tertiary/aromatic N) is 1. The zero-order valence-electron chi connectivity index (χ0n) is 24.5. The van der Waals surface area contributed by atoms with Crippen molar-refractivity contribution in [3.8, 4) is 11.1 Å². The maximum atomic E-state index is 13.4. The maximum Gasteiger partial charge on any atom is 0.255 e. The summed E-state index contributed by atoms with van der Waals surface area (Å²) in [4.78, 5) is 18.3. The van der Waals surface area contributed by atoms with E-state index in [0.717, 1.165) is 33.6 Å². The lowest BCUT2D eigenvalue weighted by Crippen LogP contribution is -2.36. The van der Waals surface area contributed by atoms with Crippen LogP contribution in [0.5, 0.6) is 0 Å². The molecule has 2 atom stereocenters. The van der Waals surface area contributed by atoms with Gasteiger partial charge in [0.05, 0.1) is 29.3 Å². The van der Waals surface area contributed by atoms with E-state index in [1.165, 1.54) is 12.1 Å². The van der Waals surface area contributed by atoms with Gasteiger partial charge in [-0.15, -0.1) is 0 Å². The molecule has 3 aromatic carbocycles. The number of aliphatic hydroxyl groups excluding tert-OH is 2. The molecular formula is C35H38FN3O4. The van der Waals surface area contributed by atoms with Crippen molar-refractivity contribution in [2.24, 2.45) is 0 Å². The van der Waals surface area contributed by atoms with Crippen LogP contribution in [0.1, 0.15) is 59.6 Å². The van der Waals surface area contributed by atoms with Crippen molar-refractivity contribution >= 4 is 17.3 Å². The molecule has 5 N–H and O–H groups in total. The first-order valence-corrected chi connectivity index (χ1v) is 14.6. The summed E-state index contributed by atoms with van der Waals surface area (Å²) in [5, 5.41) is 23.1. The summed E-state index contributed by atoms with van der Waals surface area (Å²) in [6.07, 6.45) is 1.27. The number of halogens is 1. The number of nitrogens with two attached hydrogens (primary N) is 1. The van der Waals surface area contributed by atoms with Gasteiger partial charge in [0.15, 0.2) is 0 Å². The van der Waals surface area contributed by atoms with Crippen LogP contribution in [-0.2, 0) is 23.0 Å². The summed E-state index contributed by atoms with van der Waals surface area (Å²) in [7, 11) is 0. The number of pyridine rings is 1. The molecule has 2 unspecified atom stereocenters. The third-order valence-electron chi connectivity index (χ3n) is 7.99. The van der Waals surface area contributed by atoms with Gasteiger partial charge < -0.3 is 26.0 Å². The monoisotopic (exact) mass is 583 g/mol. The van der Waals surface area contributed by atoms with Gasteiger partial charge in [-0.1, -0.05) is 30.3 Å². The lowest BCUT2D eigenvalue weighted by atomic mass is 9.71. The quantitative estimate of drug-likeness (QED) is 0.189. The Balaban J connectivity index is 1.43. The molecule has 0 saturated carbocycles. The highest BCUT2D eigenvalue weighted by Gasteiger charge is 2.38. The predicted octanol–water partition coefficient (Wildman–Crippen LogP) is 5.67. The predicted molar refractivity (Wildman–Crippen MR) is 166 cm³/mol. The standard InChI is InChI=1S/C35H38FN3O4/c1-22(40)17-24-19-30(18-23(2)41)38-33(20-24)35(13-15-43-16-14-35)28-8-3-26(4-9-28)34(42)39-32-21-27(7-12-31(32)37)25-5-10-29(36)11-6-25/h3-12,19-23,40-41H,13-18,37H2,1-2H3,(H,39,42). The summed E-state index contributed by atoms with van der Waals surface area (Å²) in [5.74, 6) is -0.617. The number of carbonyl (C=O) groups is 1. The Bertz CT molecular complexity index is 1540. The van der Waals surface area contributed by atoms with E-state index in [2.05, 4.69) is 11.4 Å².